The van der Waals surface area contributed by atoms with E-state index in [2.05, 4.69) is 10.2 Å². The third kappa shape index (κ3) is 17.3. The molecule has 0 radical (unpaired) electrons. The molecule has 1 N–H and O–H groups in total. The summed E-state index contributed by atoms with van der Waals surface area (Å²) in [5.41, 5.74) is 0.449. The van der Waals surface area contributed by atoms with Crippen LogP contribution >= 0.6 is 59.6 Å². The maximum atomic E-state index is 12.7. The van der Waals surface area contributed by atoms with Gasteiger partial charge in [0.25, 0.3) is 0 Å². The van der Waals surface area contributed by atoms with Crippen molar-refractivity contribution in [2.75, 3.05) is 50.4 Å². The van der Waals surface area contributed by atoms with Gasteiger partial charge in [0.1, 0.15) is 6.61 Å². The van der Waals surface area contributed by atoms with E-state index in [0.29, 0.717) is 41.7 Å². The molecule has 0 heterocycles. The van der Waals surface area contributed by atoms with Gasteiger partial charge in [-0.1, -0.05) is 36.4 Å². The molecule has 212 valence electrons. The molecule has 12 heteroatoms. The molecule has 0 bridgehead atoms. The van der Waals surface area contributed by atoms with Gasteiger partial charge in [-0.05, 0) is 37.1 Å². The van der Waals surface area contributed by atoms with Gasteiger partial charge in [-0.25, -0.2) is 4.79 Å². The SMILES string of the molecule is CC(Cc1cccc(C(F)(F)F)c1)NCCOC(=O)c1ccccc1.Cl.Cl.ClCCN(CCCl)CCCl. The van der Waals surface area contributed by atoms with Crippen molar-refractivity contribution in [1.29, 1.82) is 0 Å². The van der Waals surface area contributed by atoms with Crippen molar-refractivity contribution in [3.63, 3.8) is 0 Å². The van der Waals surface area contributed by atoms with Crippen molar-refractivity contribution in [2.24, 2.45) is 0 Å². The lowest BCUT2D eigenvalue weighted by Gasteiger charge is -2.17. The van der Waals surface area contributed by atoms with Crippen molar-refractivity contribution in [1.82, 2.24) is 10.2 Å². The molecule has 0 amide bonds. The number of rotatable bonds is 13. The normalized spacial score (nSPS) is 11.5. The summed E-state index contributed by atoms with van der Waals surface area (Å²) >= 11 is 16.6. The Morgan fingerprint density at radius 1 is 0.946 bits per heavy atom. The number of benzene rings is 2. The zero-order chi connectivity index (χ0) is 26.1. The maximum absolute atomic E-state index is 12.7. The summed E-state index contributed by atoms with van der Waals surface area (Å²) in [5.74, 6) is 1.54. The Bertz CT molecular complexity index is 834. The quantitative estimate of drug-likeness (QED) is 0.148. The van der Waals surface area contributed by atoms with E-state index in [1.165, 1.54) is 6.07 Å². The first kappa shape index (κ1) is 38.2. The molecule has 2 rings (SSSR count). The van der Waals surface area contributed by atoms with Crippen LogP contribution in [0.4, 0.5) is 13.2 Å². The minimum Gasteiger partial charge on any atom is -0.461 e. The van der Waals surface area contributed by atoms with Crippen LogP contribution in [0.1, 0.15) is 28.4 Å². The molecule has 2 aromatic rings. The highest BCUT2D eigenvalue weighted by Crippen LogP contribution is 2.29. The lowest BCUT2D eigenvalue weighted by molar-refractivity contribution is -0.137. The molecular weight excluding hydrogens is 595 g/mol. The molecule has 0 aliphatic heterocycles. The van der Waals surface area contributed by atoms with Gasteiger partial charge in [0.15, 0.2) is 0 Å². The van der Waals surface area contributed by atoms with E-state index in [4.69, 9.17) is 39.5 Å². The van der Waals surface area contributed by atoms with Crippen molar-refractivity contribution in [3.05, 3.63) is 71.3 Å². The third-order valence-electron chi connectivity index (χ3n) is 4.84. The molecular formula is C25H34Cl5F3N2O2. The summed E-state index contributed by atoms with van der Waals surface area (Å²) in [6, 6.07) is 13.9. The largest absolute Gasteiger partial charge is 0.461 e. The molecule has 0 aromatic heterocycles. The molecule has 37 heavy (non-hydrogen) atoms. The van der Waals surface area contributed by atoms with E-state index in [1.54, 1.807) is 30.3 Å². The van der Waals surface area contributed by atoms with Crippen LogP contribution in [0.3, 0.4) is 0 Å². The number of ether oxygens (including phenoxy) is 1. The summed E-state index contributed by atoms with van der Waals surface area (Å²) in [6.07, 6.45) is -3.88. The molecule has 0 aliphatic carbocycles. The Hall–Kier alpha value is -0.930. The van der Waals surface area contributed by atoms with Crippen LogP contribution in [0.15, 0.2) is 54.6 Å². The molecule has 0 spiro atoms. The molecule has 0 aliphatic rings. The lowest BCUT2D eigenvalue weighted by Crippen LogP contribution is -2.31. The fourth-order valence-corrected chi connectivity index (χ4v) is 3.82. The minimum absolute atomic E-state index is 0. The van der Waals surface area contributed by atoms with Gasteiger partial charge in [0.05, 0.1) is 11.1 Å². The number of nitrogens with zero attached hydrogens (tertiary/aromatic N) is 1. The fraction of sp³-hybridized carbons (Fsp3) is 0.480. The number of alkyl halides is 6. The molecule has 0 fully saturated rings. The molecule has 0 saturated carbocycles. The van der Waals surface area contributed by atoms with Crippen LogP contribution in [0.2, 0.25) is 0 Å². The van der Waals surface area contributed by atoms with Gasteiger partial charge in [0, 0.05) is 49.9 Å². The second-order valence-electron chi connectivity index (χ2n) is 7.67. The topological polar surface area (TPSA) is 41.6 Å². The van der Waals surface area contributed by atoms with Crippen molar-refractivity contribution in [2.45, 2.75) is 25.6 Å². The van der Waals surface area contributed by atoms with Gasteiger partial charge >= 0.3 is 12.1 Å². The average Bonchev–Trinajstić information content (AvgIpc) is 2.83. The first-order valence-corrected chi connectivity index (χ1v) is 12.8. The Morgan fingerprint density at radius 2 is 1.51 bits per heavy atom. The first-order chi connectivity index (χ1) is 16.7. The summed E-state index contributed by atoms with van der Waals surface area (Å²) in [4.78, 5) is 13.9. The van der Waals surface area contributed by atoms with Crippen LogP contribution in [0, 0.1) is 0 Å². The Balaban J connectivity index is 0. The summed E-state index contributed by atoms with van der Waals surface area (Å²) in [6.45, 7) is 5.13. The standard InChI is InChI=1S/C19H20F3NO2.C6H12Cl3N.2ClH/c1-14(12-15-6-5-9-17(13-15)19(20,21)22)23-10-11-25-18(24)16-7-3-2-4-8-16;7-1-4-10(5-2-8)6-3-9;;/h2-9,13-14,23H,10-12H2,1H3;1-6H2;2*1H. The number of hydrogen-bond donors (Lipinski definition) is 1. The molecule has 1 atom stereocenters. The lowest BCUT2D eigenvalue weighted by atomic mass is 10.0. The van der Waals surface area contributed by atoms with E-state index in [0.717, 1.165) is 31.8 Å². The van der Waals surface area contributed by atoms with E-state index in [1.807, 2.05) is 13.0 Å². The summed E-state index contributed by atoms with van der Waals surface area (Å²) in [5, 5.41) is 3.14. The van der Waals surface area contributed by atoms with E-state index in [-0.39, 0.29) is 37.5 Å². The molecule has 1 unspecified atom stereocenters. The van der Waals surface area contributed by atoms with Crippen LogP contribution in [0.5, 0.6) is 0 Å². The zero-order valence-electron chi connectivity index (χ0n) is 20.5. The number of esters is 1. The fourth-order valence-electron chi connectivity index (χ4n) is 3.10. The number of carbonyl (C=O) groups is 1. The monoisotopic (exact) mass is 626 g/mol. The van der Waals surface area contributed by atoms with Crippen molar-refractivity contribution < 1.29 is 22.7 Å². The summed E-state index contributed by atoms with van der Waals surface area (Å²) < 4.78 is 43.3. The predicted molar refractivity (Wildman–Crippen MR) is 152 cm³/mol. The predicted octanol–water partition coefficient (Wildman–Crippen LogP) is 6.93. The highest BCUT2D eigenvalue weighted by atomic mass is 35.5. The van der Waals surface area contributed by atoms with Gasteiger partial charge in [-0.2, -0.15) is 13.2 Å². The highest BCUT2D eigenvalue weighted by molar-refractivity contribution is 6.18. The second kappa shape index (κ2) is 21.9. The van der Waals surface area contributed by atoms with Crippen LogP contribution in [-0.2, 0) is 17.3 Å². The Kier molecular flexibility index (Phi) is 22.7. The molecule has 2 aromatic carbocycles. The van der Waals surface area contributed by atoms with Crippen molar-refractivity contribution >= 4 is 65.6 Å². The van der Waals surface area contributed by atoms with Gasteiger partial charge < -0.3 is 10.1 Å². The number of hydrogen-bond acceptors (Lipinski definition) is 4. The molecule has 0 saturated heterocycles. The van der Waals surface area contributed by atoms with E-state index < -0.39 is 17.7 Å². The van der Waals surface area contributed by atoms with E-state index >= 15 is 0 Å². The Labute approximate surface area is 245 Å². The van der Waals surface area contributed by atoms with Gasteiger partial charge in [-0.3, -0.25) is 4.90 Å². The molecule has 4 nitrogen and oxygen atoms in total. The first-order valence-electron chi connectivity index (χ1n) is 11.2. The third-order valence-corrected chi connectivity index (χ3v) is 5.34. The minimum atomic E-state index is -4.34. The summed E-state index contributed by atoms with van der Waals surface area (Å²) in [7, 11) is 0. The van der Waals surface area contributed by atoms with Crippen LogP contribution in [-0.4, -0.2) is 67.3 Å². The smallest absolute Gasteiger partial charge is 0.416 e. The van der Waals surface area contributed by atoms with Crippen molar-refractivity contribution in [3.8, 4) is 0 Å². The number of carbonyl (C=O) groups excluding carboxylic acids is 1. The Morgan fingerprint density at radius 3 is 2.03 bits per heavy atom. The number of nitrogens with one attached hydrogen (secondary N) is 1. The van der Waals surface area contributed by atoms with Gasteiger partial charge in [0.2, 0.25) is 0 Å². The second-order valence-corrected chi connectivity index (χ2v) is 8.80. The van der Waals surface area contributed by atoms with Gasteiger partial charge in [-0.15, -0.1) is 59.6 Å². The van der Waals surface area contributed by atoms with Crippen LogP contribution < -0.4 is 5.32 Å². The van der Waals surface area contributed by atoms with Crippen LogP contribution in [0.25, 0.3) is 0 Å². The maximum Gasteiger partial charge on any atom is 0.416 e. The number of halogens is 8. The average molecular weight is 629 g/mol. The van der Waals surface area contributed by atoms with E-state index in [9.17, 15) is 18.0 Å². The highest BCUT2D eigenvalue weighted by Gasteiger charge is 2.30. The zero-order valence-corrected chi connectivity index (χ0v) is 24.4.